The van der Waals surface area contributed by atoms with Crippen molar-refractivity contribution in [2.45, 2.75) is 18.1 Å². The number of carbonyl (C=O) groups is 1. The summed E-state index contributed by atoms with van der Waals surface area (Å²) in [6.45, 7) is 1.28. The lowest BCUT2D eigenvalue weighted by atomic mass is 10.1. The van der Waals surface area contributed by atoms with E-state index >= 15 is 0 Å². The van der Waals surface area contributed by atoms with Gasteiger partial charge in [0.05, 0.1) is 0 Å². The van der Waals surface area contributed by atoms with Gasteiger partial charge in [0.25, 0.3) is 0 Å². The van der Waals surface area contributed by atoms with Gasteiger partial charge < -0.3 is 10.0 Å². The maximum Gasteiger partial charge on any atom is 0.248 e. The van der Waals surface area contributed by atoms with E-state index in [9.17, 15) is 4.79 Å². The zero-order valence-electron chi connectivity index (χ0n) is 7.32. The normalized spacial score (nSPS) is 19.7. The molecule has 0 aromatic heterocycles. The van der Waals surface area contributed by atoms with Crippen LogP contribution in [-0.4, -0.2) is 47.1 Å². The van der Waals surface area contributed by atoms with Crippen LogP contribution in [0.15, 0.2) is 0 Å². The van der Waals surface area contributed by atoms with Gasteiger partial charge in [0.2, 0.25) is 5.91 Å². The van der Waals surface area contributed by atoms with Gasteiger partial charge in [0, 0.05) is 18.3 Å². The molecule has 1 aliphatic rings. The minimum absolute atomic E-state index is 0.130. The Bertz CT molecular complexity index is 155. The standard InChI is InChI=1S/C8H15NO2S/c1-12-7-2-4-9(5-3-7)8(11)6-10/h7,10H,2-6H2,1H3. The lowest BCUT2D eigenvalue weighted by Crippen LogP contribution is -2.40. The third-order valence-electron chi connectivity index (χ3n) is 2.26. The molecule has 1 amide bonds. The number of nitrogens with zero attached hydrogens (tertiary/aromatic N) is 1. The molecule has 0 atom stereocenters. The number of aliphatic hydroxyl groups excluding tert-OH is 1. The minimum Gasteiger partial charge on any atom is -0.387 e. The second kappa shape index (κ2) is 4.72. The highest BCUT2D eigenvalue weighted by molar-refractivity contribution is 7.99. The van der Waals surface area contributed by atoms with Crippen LogP contribution < -0.4 is 0 Å². The highest BCUT2D eigenvalue weighted by atomic mass is 32.2. The Balaban J connectivity index is 2.30. The van der Waals surface area contributed by atoms with Crippen molar-refractivity contribution in [1.82, 2.24) is 4.90 Å². The molecule has 4 heteroatoms. The molecular formula is C8H15NO2S. The van der Waals surface area contributed by atoms with Crippen LogP contribution in [0.3, 0.4) is 0 Å². The first-order valence-corrected chi connectivity index (χ1v) is 5.48. The molecule has 1 N–H and O–H groups in total. The van der Waals surface area contributed by atoms with Gasteiger partial charge in [-0.2, -0.15) is 11.8 Å². The van der Waals surface area contributed by atoms with Gasteiger partial charge >= 0.3 is 0 Å². The Kier molecular flexibility index (Phi) is 3.88. The fourth-order valence-electron chi connectivity index (χ4n) is 1.44. The van der Waals surface area contributed by atoms with E-state index in [0.717, 1.165) is 25.9 Å². The van der Waals surface area contributed by atoms with Crippen molar-refractivity contribution in [2.24, 2.45) is 0 Å². The van der Waals surface area contributed by atoms with Crippen LogP contribution in [0.4, 0.5) is 0 Å². The van der Waals surface area contributed by atoms with Crippen LogP contribution in [0.2, 0.25) is 0 Å². The number of piperidine rings is 1. The quantitative estimate of drug-likeness (QED) is 0.680. The molecule has 0 bridgehead atoms. The molecule has 0 saturated carbocycles. The van der Waals surface area contributed by atoms with Gasteiger partial charge in [-0.25, -0.2) is 0 Å². The lowest BCUT2D eigenvalue weighted by molar-refractivity contribution is -0.134. The van der Waals surface area contributed by atoms with E-state index in [4.69, 9.17) is 5.11 Å². The van der Waals surface area contributed by atoms with E-state index in [1.54, 1.807) is 4.90 Å². The number of hydrogen-bond acceptors (Lipinski definition) is 3. The van der Waals surface area contributed by atoms with Crippen molar-refractivity contribution >= 4 is 17.7 Å². The summed E-state index contributed by atoms with van der Waals surface area (Å²) in [5.74, 6) is -0.130. The number of aliphatic hydroxyl groups is 1. The number of thioether (sulfide) groups is 1. The Labute approximate surface area is 77.1 Å². The summed E-state index contributed by atoms with van der Waals surface area (Å²) in [5.41, 5.74) is 0. The monoisotopic (exact) mass is 189 g/mol. The predicted molar refractivity (Wildman–Crippen MR) is 50.2 cm³/mol. The molecule has 0 radical (unpaired) electrons. The highest BCUT2D eigenvalue weighted by Gasteiger charge is 2.20. The Hall–Kier alpha value is -0.220. The molecule has 0 aromatic carbocycles. The van der Waals surface area contributed by atoms with Crippen molar-refractivity contribution in [3.05, 3.63) is 0 Å². The summed E-state index contributed by atoms with van der Waals surface area (Å²) in [4.78, 5) is 12.8. The Morgan fingerprint density at radius 3 is 2.58 bits per heavy atom. The first-order valence-electron chi connectivity index (χ1n) is 4.19. The zero-order chi connectivity index (χ0) is 8.97. The van der Waals surface area contributed by atoms with Gasteiger partial charge in [0.1, 0.15) is 6.61 Å². The first-order chi connectivity index (χ1) is 5.77. The molecular weight excluding hydrogens is 174 g/mol. The topological polar surface area (TPSA) is 40.5 Å². The molecule has 1 heterocycles. The van der Waals surface area contributed by atoms with Crippen LogP contribution >= 0.6 is 11.8 Å². The Morgan fingerprint density at radius 2 is 2.17 bits per heavy atom. The summed E-state index contributed by atoms with van der Waals surface area (Å²) in [6, 6.07) is 0. The molecule has 0 aromatic rings. The molecule has 1 saturated heterocycles. The molecule has 70 valence electrons. The van der Waals surface area contributed by atoms with Crippen molar-refractivity contribution in [3.63, 3.8) is 0 Å². The molecule has 3 nitrogen and oxygen atoms in total. The van der Waals surface area contributed by atoms with E-state index in [1.807, 2.05) is 11.8 Å². The third kappa shape index (κ3) is 2.38. The zero-order valence-corrected chi connectivity index (χ0v) is 8.14. The molecule has 1 aliphatic heterocycles. The Morgan fingerprint density at radius 1 is 1.58 bits per heavy atom. The van der Waals surface area contributed by atoms with Crippen LogP contribution in [0.1, 0.15) is 12.8 Å². The summed E-state index contributed by atoms with van der Waals surface area (Å²) in [7, 11) is 0. The van der Waals surface area contributed by atoms with Crippen LogP contribution in [0.5, 0.6) is 0 Å². The summed E-state index contributed by atoms with van der Waals surface area (Å²) < 4.78 is 0. The smallest absolute Gasteiger partial charge is 0.248 e. The summed E-state index contributed by atoms with van der Waals surface area (Å²) >= 11 is 1.87. The van der Waals surface area contributed by atoms with Crippen molar-refractivity contribution < 1.29 is 9.90 Å². The molecule has 12 heavy (non-hydrogen) atoms. The molecule has 1 fully saturated rings. The average molecular weight is 189 g/mol. The molecule has 0 aliphatic carbocycles. The fourth-order valence-corrected chi connectivity index (χ4v) is 2.12. The fraction of sp³-hybridized carbons (Fsp3) is 0.875. The lowest BCUT2D eigenvalue weighted by Gasteiger charge is -2.30. The summed E-state index contributed by atoms with van der Waals surface area (Å²) in [6.07, 6.45) is 4.23. The number of carbonyl (C=O) groups excluding carboxylic acids is 1. The SMILES string of the molecule is CSC1CCN(C(=O)CO)CC1. The minimum atomic E-state index is -0.343. The van der Waals surface area contributed by atoms with Gasteiger partial charge in [0.15, 0.2) is 0 Å². The second-order valence-electron chi connectivity index (χ2n) is 2.97. The summed E-state index contributed by atoms with van der Waals surface area (Å²) in [5, 5.41) is 9.32. The average Bonchev–Trinajstić information content (AvgIpc) is 2.17. The second-order valence-corrected chi connectivity index (χ2v) is 4.11. The van der Waals surface area contributed by atoms with Gasteiger partial charge in [-0.3, -0.25) is 4.79 Å². The van der Waals surface area contributed by atoms with Crippen molar-refractivity contribution in [2.75, 3.05) is 26.0 Å². The van der Waals surface area contributed by atoms with Crippen molar-refractivity contribution in [3.8, 4) is 0 Å². The maximum atomic E-state index is 11.0. The molecule has 0 unspecified atom stereocenters. The first kappa shape index (κ1) is 9.86. The predicted octanol–water partition coefficient (Wildman–Crippen LogP) is 0.333. The van der Waals surface area contributed by atoms with E-state index in [1.165, 1.54) is 0 Å². The maximum absolute atomic E-state index is 11.0. The van der Waals surface area contributed by atoms with Gasteiger partial charge in [-0.1, -0.05) is 0 Å². The van der Waals surface area contributed by atoms with Crippen LogP contribution in [-0.2, 0) is 4.79 Å². The van der Waals surface area contributed by atoms with Crippen LogP contribution in [0.25, 0.3) is 0 Å². The number of rotatable bonds is 2. The van der Waals surface area contributed by atoms with Gasteiger partial charge in [-0.15, -0.1) is 0 Å². The van der Waals surface area contributed by atoms with Crippen molar-refractivity contribution in [1.29, 1.82) is 0 Å². The van der Waals surface area contributed by atoms with E-state index in [-0.39, 0.29) is 12.5 Å². The van der Waals surface area contributed by atoms with Crippen LogP contribution in [0, 0.1) is 0 Å². The highest BCUT2D eigenvalue weighted by Crippen LogP contribution is 2.20. The van der Waals surface area contributed by atoms with E-state index in [0.29, 0.717) is 5.25 Å². The van der Waals surface area contributed by atoms with E-state index in [2.05, 4.69) is 6.26 Å². The van der Waals surface area contributed by atoms with E-state index < -0.39 is 0 Å². The third-order valence-corrected chi connectivity index (χ3v) is 3.40. The van der Waals surface area contributed by atoms with Gasteiger partial charge in [-0.05, 0) is 19.1 Å². The number of likely N-dealkylation sites (tertiary alicyclic amines) is 1. The molecule has 0 spiro atoms. The molecule has 1 rings (SSSR count). The number of amides is 1. The number of hydrogen-bond donors (Lipinski definition) is 1. The largest absolute Gasteiger partial charge is 0.387 e.